The van der Waals surface area contributed by atoms with E-state index in [4.69, 9.17) is 4.74 Å². The minimum atomic E-state index is -0.202. The molecular formula is C23H45NO2. The number of carbonyl (C=O) groups excluding carboxylic acids is 1. The molecule has 26 heavy (non-hydrogen) atoms. The Morgan fingerprint density at radius 2 is 1.19 bits per heavy atom. The van der Waals surface area contributed by atoms with Crippen LogP contribution in [0.4, 0.5) is 4.79 Å². The predicted octanol–water partition coefficient (Wildman–Crippen LogP) is 7.53. The summed E-state index contributed by atoms with van der Waals surface area (Å²) in [5.74, 6) is 0. The van der Waals surface area contributed by atoms with Crippen LogP contribution in [0.5, 0.6) is 0 Å². The van der Waals surface area contributed by atoms with E-state index in [1.165, 1.54) is 103 Å². The van der Waals surface area contributed by atoms with Crippen LogP contribution in [0.3, 0.4) is 0 Å². The number of hydrogen-bond donors (Lipinski definition) is 1. The van der Waals surface area contributed by atoms with E-state index in [1.54, 1.807) is 0 Å². The molecule has 0 bridgehead atoms. The van der Waals surface area contributed by atoms with Crippen molar-refractivity contribution in [3.63, 3.8) is 0 Å². The normalized spacial score (nSPS) is 15.1. The highest BCUT2D eigenvalue weighted by atomic mass is 16.6. The van der Waals surface area contributed by atoms with Crippen LogP contribution in [0.2, 0.25) is 0 Å². The number of hydrogen-bond acceptors (Lipinski definition) is 2. The Balaban J connectivity index is 1.73. The fourth-order valence-electron chi connectivity index (χ4n) is 3.89. The fourth-order valence-corrected chi connectivity index (χ4v) is 3.89. The first-order chi connectivity index (χ1) is 12.8. The second kappa shape index (κ2) is 17.7. The molecule has 1 aliphatic carbocycles. The molecule has 0 spiro atoms. The average molecular weight is 368 g/mol. The molecule has 0 saturated heterocycles. The minimum Gasteiger partial charge on any atom is -0.446 e. The van der Waals surface area contributed by atoms with E-state index < -0.39 is 0 Å². The average Bonchev–Trinajstić information content (AvgIpc) is 2.65. The fraction of sp³-hybridized carbons (Fsp3) is 0.957. The van der Waals surface area contributed by atoms with Gasteiger partial charge in [0.15, 0.2) is 0 Å². The predicted molar refractivity (Wildman–Crippen MR) is 112 cm³/mol. The summed E-state index contributed by atoms with van der Waals surface area (Å²) in [5.41, 5.74) is 0. The van der Waals surface area contributed by atoms with Crippen molar-refractivity contribution in [1.29, 1.82) is 0 Å². The summed E-state index contributed by atoms with van der Waals surface area (Å²) in [6.45, 7) is 3.05. The molecule has 0 radical (unpaired) electrons. The summed E-state index contributed by atoms with van der Waals surface area (Å²) in [4.78, 5) is 11.7. The van der Waals surface area contributed by atoms with Crippen LogP contribution in [-0.2, 0) is 4.74 Å². The Bertz CT molecular complexity index is 313. The van der Waals surface area contributed by atoms with Gasteiger partial charge in [-0.25, -0.2) is 4.79 Å². The lowest BCUT2D eigenvalue weighted by Gasteiger charge is -2.21. The van der Waals surface area contributed by atoms with Gasteiger partial charge in [0.25, 0.3) is 0 Å². The molecular weight excluding hydrogens is 322 g/mol. The maximum absolute atomic E-state index is 11.7. The first-order valence-corrected chi connectivity index (χ1v) is 11.8. The molecule has 1 aliphatic rings. The summed E-state index contributed by atoms with van der Waals surface area (Å²) in [5, 5.41) is 2.91. The monoisotopic (exact) mass is 367 g/mol. The number of alkyl carbamates (subject to hydrolysis) is 1. The van der Waals surface area contributed by atoms with Crippen molar-refractivity contribution in [2.45, 2.75) is 135 Å². The molecule has 1 fully saturated rings. The Morgan fingerprint density at radius 3 is 1.69 bits per heavy atom. The number of rotatable bonds is 16. The maximum atomic E-state index is 11.7. The van der Waals surface area contributed by atoms with E-state index in [1.807, 2.05) is 0 Å². The number of nitrogens with one attached hydrogen (secondary N) is 1. The number of carbonyl (C=O) groups is 1. The van der Waals surface area contributed by atoms with Crippen molar-refractivity contribution >= 4 is 6.09 Å². The van der Waals surface area contributed by atoms with Crippen molar-refractivity contribution < 1.29 is 9.53 Å². The summed E-state index contributed by atoms with van der Waals surface area (Å²) in [6, 6.07) is 0. The molecule has 0 atom stereocenters. The lowest BCUT2D eigenvalue weighted by Crippen LogP contribution is -2.30. The maximum Gasteiger partial charge on any atom is 0.407 e. The van der Waals surface area contributed by atoms with Gasteiger partial charge in [-0.15, -0.1) is 0 Å². The number of amides is 1. The van der Waals surface area contributed by atoms with Crippen molar-refractivity contribution in [2.75, 3.05) is 6.54 Å². The molecule has 3 nitrogen and oxygen atoms in total. The van der Waals surface area contributed by atoms with Gasteiger partial charge in [-0.1, -0.05) is 96.8 Å². The van der Waals surface area contributed by atoms with Crippen LogP contribution in [0.25, 0.3) is 0 Å². The van der Waals surface area contributed by atoms with Crippen molar-refractivity contribution in [2.24, 2.45) is 0 Å². The topological polar surface area (TPSA) is 38.3 Å². The quantitative estimate of drug-likeness (QED) is 0.286. The highest BCUT2D eigenvalue weighted by Crippen LogP contribution is 2.20. The molecule has 0 unspecified atom stereocenters. The van der Waals surface area contributed by atoms with Gasteiger partial charge >= 0.3 is 6.09 Å². The van der Waals surface area contributed by atoms with Gasteiger partial charge in [-0.2, -0.15) is 0 Å². The molecule has 0 heterocycles. The highest BCUT2D eigenvalue weighted by Gasteiger charge is 2.16. The highest BCUT2D eigenvalue weighted by molar-refractivity contribution is 5.67. The molecule has 154 valence electrons. The molecule has 1 N–H and O–H groups in total. The molecule has 0 aromatic heterocycles. The second-order valence-corrected chi connectivity index (χ2v) is 8.19. The molecule has 1 amide bonds. The third kappa shape index (κ3) is 14.4. The zero-order valence-electron chi connectivity index (χ0n) is 17.5. The van der Waals surface area contributed by atoms with Crippen molar-refractivity contribution in [3.05, 3.63) is 0 Å². The zero-order valence-corrected chi connectivity index (χ0v) is 17.5. The SMILES string of the molecule is CCCCCCCCCCCCCCCCNC(=O)OC1CCCCC1. The van der Waals surface area contributed by atoms with Gasteiger partial charge in [0.1, 0.15) is 6.10 Å². The Kier molecular flexibility index (Phi) is 15.8. The van der Waals surface area contributed by atoms with Crippen LogP contribution in [0, 0.1) is 0 Å². The Hall–Kier alpha value is -0.730. The minimum absolute atomic E-state index is 0.167. The first-order valence-electron chi connectivity index (χ1n) is 11.8. The van der Waals surface area contributed by atoms with E-state index in [-0.39, 0.29) is 12.2 Å². The van der Waals surface area contributed by atoms with Crippen LogP contribution in [0.15, 0.2) is 0 Å². The van der Waals surface area contributed by atoms with Gasteiger partial charge in [-0.05, 0) is 32.1 Å². The molecule has 0 aromatic carbocycles. The Labute approximate surface area is 163 Å². The van der Waals surface area contributed by atoms with Gasteiger partial charge in [0.2, 0.25) is 0 Å². The molecule has 1 saturated carbocycles. The van der Waals surface area contributed by atoms with E-state index in [0.717, 1.165) is 25.8 Å². The standard InChI is InChI=1S/C23H45NO2/c1-2-3-4-5-6-7-8-9-10-11-12-13-14-18-21-24-23(25)26-22-19-16-15-17-20-22/h22H,2-21H2,1H3,(H,24,25). The van der Waals surface area contributed by atoms with Crippen LogP contribution in [-0.4, -0.2) is 18.7 Å². The lowest BCUT2D eigenvalue weighted by molar-refractivity contribution is 0.0753. The van der Waals surface area contributed by atoms with Gasteiger partial charge in [0.05, 0.1) is 0 Å². The third-order valence-corrected chi connectivity index (χ3v) is 5.63. The number of unbranched alkanes of at least 4 members (excludes halogenated alkanes) is 13. The van der Waals surface area contributed by atoms with E-state index in [9.17, 15) is 4.79 Å². The molecule has 0 aromatic rings. The smallest absolute Gasteiger partial charge is 0.407 e. The van der Waals surface area contributed by atoms with E-state index in [2.05, 4.69) is 12.2 Å². The third-order valence-electron chi connectivity index (χ3n) is 5.63. The van der Waals surface area contributed by atoms with E-state index >= 15 is 0 Å². The van der Waals surface area contributed by atoms with Crippen LogP contribution >= 0.6 is 0 Å². The first kappa shape index (κ1) is 23.3. The molecule has 1 rings (SSSR count). The lowest BCUT2D eigenvalue weighted by atomic mass is 9.98. The number of ether oxygens (including phenoxy) is 1. The van der Waals surface area contributed by atoms with Crippen molar-refractivity contribution in [3.8, 4) is 0 Å². The van der Waals surface area contributed by atoms with Gasteiger partial charge in [-0.3, -0.25) is 0 Å². The van der Waals surface area contributed by atoms with E-state index in [0.29, 0.717) is 0 Å². The van der Waals surface area contributed by atoms with Crippen LogP contribution in [0.1, 0.15) is 129 Å². The zero-order chi connectivity index (χ0) is 18.7. The van der Waals surface area contributed by atoms with Crippen molar-refractivity contribution in [1.82, 2.24) is 5.32 Å². The summed E-state index contributed by atoms with van der Waals surface area (Å²) in [6.07, 6.45) is 24.9. The van der Waals surface area contributed by atoms with Gasteiger partial charge < -0.3 is 10.1 Å². The largest absolute Gasteiger partial charge is 0.446 e. The second-order valence-electron chi connectivity index (χ2n) is 8.19. The molecule has 0 aliphatic heterocycles. The Morgan fingerprint density at radius 1 is 0.731 bits per heavy atom. The summed E-state index contributed by atoms with van der Waals surface area (Å²) < 4.78 is 5.46. The summed E-state index contributed by atoms with van der Waals surface area (Å²) in [7, 11) is 0. The summed E-state index contributed by atoms with van der Waals surface area (Å²) >= 11 is 0. The van der Waals surface area contributed by atoms with Gasteiger partial charge in [0, 0.05) is 6.54 Å². The van der Waals surface area contributed by atoms with Crippen LogP contribution < -0.4 is 5.32 Å². The molecule has 3 heteroatoms.